The van der Waals surface area contributed by atoms with Crippen LogP contribution in [-0.2, 0) is 4.74 Å². The molecule has 3 rings (SSSR count). The summed E-state index contributed by atoms with van der Waals surface area (Å²) in [6.45, 7) is 8.54. The van der Waals surface area contributed by atoms with Crippen LogP contribution >= 0.6 is 0 Å². The Morgan fingerprint density at radius 2 is 1.71 bits per heavy atom. The molecule has 1 fully saturated rings. The van der Waals surface area contributed by atoms with Crippen LogP contribution in [0.15, 0.2) is 24.3 Å². The SMILES string of the molecule is Cc1nc(C)c(C(=O)Nc2ccccc2N2CCOCC2)c(C)n1. The monoisotopic (exact) mass is 326 g/mol. The Morgan fingerprint density at radius 3 is 2.38 bits per heavy atom. The predicted molar refractivity (Wildman–Crippen MR) is 93.7 cm³/mol. The maximum absolute atomic E-state index is 12.8. The lowest BCUT2D eigenvalue weighted by Gasteiger charge is -2.30. The number of nitrogens with zero attached hydrogens (tertiary/aromatic N) is 3. The number of hydrogen-bond acceptors (Lipinski definition) is 5. The van der Waals surface area contributed by atoms with Gasteiger partial charge in [0, 0.05) is 13.1 Å². The van der Waals surface area contributed by atoms with E-state index in [0.717, 1.165) is 24.5 Å². The summed E-state index contributed by atoms with van der Waals surface area (Å²) in [7, 11) is 0. The molecule has 2 heterocycles. The van der Waals surface area contributed by atoms with Crippen LogP contribution in [0.25, 0.3) is 0 Å². The van der Waals surface area contributed by atoms with Gasteiger partial charge in [0.15, 0.2) is 0 Å². The number of para-hydroxylation sites is 2. The molecule has 0 aliphatic carbocycles. The van der Waals surface area contributed by atoms with E-state index in [4.69, 9.17) is 4.74 Å². The first-order valence-corrected chi connectivity index (χ1v) is 8.11. The van der Waals surface area contributed by atoms with Gasteiger partial charge in [0.2, 0.25) is 0 Å². The molecule has 1 saturated heterocycles. The third kappa shape index (κ3) is 3.38. The zero-order valence-electron chi connectivity index (χ0n) is 14.3. The fourth-order valence-corrected chi connectivity index (χ4v) is 3.06. The highest BCUT2D eigenvalue weighted by molar-refractivity contribution is 6.07. The highest BCUT2D eigenvalue weighted by Crippen LogP contribution is 2.27. The minimum absolute atomic E-state index is 0.175. The molecular weight excluding hydrogens is 304 g/mol. The smallest absolute Gasteiger partial charge is 0.259 e. The van der Waals surface area contributed by atoms with Gasteiger partial charge < -0.3 is 15.0 Å². The van der Waals surface area contributed by atoms with E-state index in [2.05, 4.69) is 20.2 Å². The molecule has 0 spiro atoms. The van der Waals surface area contributed by atoms with Crippen molar-refractivity contribution in [2.75, 3.05) is 36.5 Å². The molecule has 24 heavy (non-hydrogen) atoms. The number of aryl methyl sites for hydroxylation is 3. The number of amides is 1. The molecule has 126 valence electrons. The molecule has 1 N–H and O–H groups in total. The third-order valence-corrected chi connectivity index (χ3v) is 4.11. The van der Waals surface area contributed by atoms with Crippen LogP contribution in [-0.4, -0.2) is 42.2 Å². The van der Waals surface area contributed by atoms with Gasteiger partial charge in [0.25, 0.3) is 5.91 Å². The van der Waals surface area contributed by atoms with Crippen molar-refractivity contribution in [3.05, 3.63) is 47.0 Å². The van der Waals surface area contributed by atoms with Crippen molar-refractivity contribution in [1.82, 2.24) is 9.97 Å². The molecule has 0 atom stereocenters. The van der Waals surface area contributed by atoms with E-state index in [1.165, 1.54) is 0 Å². The number of benzene rings is 1. The maximum atomic E-state index is 12.8. The van der Waals surface area contributed by atoms with Crippen molar-refractivity contribution in [3.8, 4) is 0 Å². The van der Waals surface area contributed by atoms with Crippen LogP contribution in [0.2, 0.25) is 0 Å². The summed E-state index contributed by atoms with van der Waals surface area (Å²) in [4.78, 5) is 23.6. The highest BCUT2D eigenvalue weighted by atomic mass is 16.5. The van der Waals surface area contributed by atoms with Gasteiger partial charge in [-0.05, 0) is 32.9 Å². The van der Waals surface area contributed by atoms with Crippen LogP contribution in [0.4, 0.5) is 11.4 Å². The quantitative estimate of drug-likeness (QED) is 0.938. The zero-order valence-corrected chi connectivity index (χ0v) is 14.3. The molecule has 1 amide bonds. The first-order chi connectivity index (χ1) is 11.6. The van der Waals surface area contributed by atoms with Gasteiger partial charge in [-0.3, -0.25) is 4.79 Å². The van der Waals surface area contributed by atoms with Crippen molar-refractivity contribution in [2.45, 2.75) is 20.8 Å². The van der Waals surface area contributed by atoms with E-state index < -0.39 is 0 Å². The Kier molecular flexibility index (Phi) is 4.76. The van der Waals surface area contributed by atoms with Crippen molar-refractivity contribution in [3.63, 3.8) is 0 Å². The minimum Gasteiger partial charge on any atom is -0.378 e. The number of carbonyl (C=O) groups excluding carboxylic acids is 1. The fraction of sp³-hybridized carbons (Fsp3) is 0.389. The van der Waals surface area contributed by atoms with Gasteiger partial charge in [-0.1, -0.05) is 12.1 Å². The van der Waals surface area contributed by atoms with Gasteiger partial charge >= 0.3 is 0 Å². The topological polar surface area (TPSA) is 67.4 Å². The summed E-state index contributed by atoms with van der Waals surface area (Å²) < 4.78 is 5.41. The van der Waals surface area contributed by atoms with Crippen LogP contribution in [0.1, 0.15) is 27.6 Å². The molecule has 1 aromatic carbocycles. The van der Waals surface area contributed by atoms with Gasteiger partial charge in [0.1, 0.15) is 5.82 Å². The van der Waals surface area contributed by atoms with Crippen LogP contribution in [0.3, 0.4) is 0 Å². The summed E-state index contributed by atoms with van der Waals surface area (Å²) in [6, 6.07) is 7.84. The van der Waals surface area contributed by atoms with Gasteiger partial charge in [0.05, 0.1) is 41.5 Å². The van der Waals surface area contributed by atoms with Crippen LogP contribution < -0.4 is 10.2 Å². The number of morpholine rings is 1. The maximum Gasteiger partial charge on any atom is 0.259 e. The highest BCUT2D eigenvalue weighted by Gasteiger charge is 2.19. The molecule has 1 aliphatic rings. The molecule has 1 aromatic heterocycles. The number of nitrogens with one attached hydrogen (secondary N) is 1. The predicted octanol–water partition coefficient (Wildman–Crippen LogP) is 2.49. The summed E-state index contributed by atoms with van der Waals surface area (Å²) in [5, 5.41) is 3.02. The molecular formula is C18H22N4O2. The second-order valence-corrected chi connectivity index (χ2v) is 5.89. The lowest BCUT2D eigenvalue weighted by molar-refractivity contribution is 0.102. The third-order valence-electron chi connectivity index (χ3n) is 4.11. The van der Waals surface area contributed by atoms with Gasteiger partial charge in [-0.2, -0.15) is 0 Å². The Bertz CT molecular complexity index is 731. The average Bonchev–Trinajstić information content (AvgIpc) is 2.55. The average molecular weight is 326 g/mol. The van der Waals surface area contributed by atoms with Gasteiger partial charge in [-0.15, -0.1) is 0 Å². The van der Waals surface area contributed by atoms with Gasteiger partial charge in [-0.25, -0.2) is 9.97 Å². The molecule has 0 bridgehead atoms. The second-order valence-electron chi connectivity index (χ2n) is 5.89. The first kappa shape index (κ1) is 16.4. The van der Waals surface area contributed by atoms with E-state index in [1.54, 1.807) is 0 Å². The van der Waals surface area contributed by atoms with Crippen molar-refractivity contribution < 1.29 is 9.53 Å². The van der Waals surface area contributed by atoms with E-state index in [0.29, 0.717) is 36.0 Å². The summed E-state index contributed by atoms with van der Waals surface area (Å²) >= 11 is 0. The number of rotatable bonds is 3. The normalized spacial score (nSPS) is 14.5. The molecule has 6 heteroatoms. The standard InChI is InChI=1S/C18H22N4O2/c1-12-17(13(2)20-14(3)19-12)18(23)21-15-6-4-5-7-16(15)22-8-10-24-11-9-22/h4-7H,8-11H2,1-3H3,(H,21,23). The van der Waals surface area contributed by atoms with Crippen molar-refractivity contribution in [2.24, 2.45) is 0 Å². The molecule has 0 unspecified atom stereocenters. The summed E-state index contributed by atoms with van der Waals surface area (Å²) in [6.07, 6.45) is 0. The second kappa shape index (κ2) is 6.97. The van der Waals surface area contributed by atoms with E-state index in [-0.39, 0.29) is 5.91 Å². The zero-order chi connectivity index (χ0) is 17.1. The van der Waals surface area contributed by atoms with E-state index in [9.17, 15) is 4.79 Å². The summed E-state index contributed by atoms with van der Waals surface area (Å²) in [5.41, 5.74) is 3.74. The number of aromatic nitrogens is 2. The molecule has 0 radical (unpaired) electrons. The minimum atomic E-state index is -0.175. The molecule has 2 aromatic rings. The number of anilines is 2. The molecule has 0 saturated carbocycles. The lowest BCUT2D eigenvalue weighted by Crippen LogP contribution is -2.36. The molecule has 6 nitrogen and oxygen atoms in total. The van der Waals surface area contributed by atoms with E-state index >= 15 is 0 Å². The van der Waals surface area contributed by atoms with Crippen LogP contribution in [0.5, 0.6) is 0 Å². The number of carbonyl (C=O) groups is 1. The largest absolute Gasteiger partial charge is 0.378 e. The van der Waals surface area contributed by atoms with Crippen LogP contribution in [0, 0.1) is 20.8 Å². The Morgan fingerprint density at radius 1 is 1.08 bits per heavy atom. The Hall–Kier alpha value is -2.47. The lowest BCUT2D eigenvalue weighted by atomic mass is 10.1. The van der Waals surface area contributed by atoms with E-state index in [1.807, 2.05) is 45.0 Å². The molecule has 1 aliphatic heterocycles. The Labute approximate surface area is 141 Å². The Balaban J connectivity index is 1.88. The number of ether oxygens (including phenoxy) is 1. The number of hydrogen-bond donors (Lipinski definition) is 1. The van der Waals surface area contributed by atoms with Crippen molar-refractivity contribution >= 4 is 17.3 Å². The van der Waals surface area contributed by atoms with Crippen molar-refractivity contribution in [1.29, 1.82) is 0 Å². The fourth-order valence-electron chi connectivity index (χ4n) is 3.06. The summed E-state index contributed by atoms with van der Waals surface area (Å²) in [5.74, 6) is 0.501. The first-order valence-electron chi connectivity index (χ1n) is 8.11.